The van der Waals surface area contributed by atoms with Gasteiger partial charge >= 0.3 is 0 Å². The lowest BCUT2D eigenvalue weighted by atomic mass is 9.99. The van der Waals surface area contributed by atoms with Crippen molar-refractivity contribution in [2.75, 3.05) is 19.8 Å². The summed E-state index contributed by atoms with van der Waals surface area (Å²) in [6.45, 7) is 10.2. The molecule has 3 rings (SSSR count). The molecule has 5 heteroatoms. The van der Waals surface area contributed by atoms with Gasteiger partial charge in [-0.05, 0) is 22.3 Å². The SMILES string of the molecule is CCO[C@@H]1C[C@H](O)[C@H](CO[Si](c2ccccc2)(c2ccccc2)C(C)(C)C)CO1. The smallest absolute Gasteiger partial charge is 0.261 e. The van der Waals surface area contributed by atoms with Crippen LogP contribution in [0.15, 0.2) is 60.7 Å². The fourth-order valence-electron chi connectivity index (χ4n) is 4.25. The van der Waals surface area contributed by atoms with E-state index < -0.39 is 14.4 Å². The molecule has 2 aromatic carbocycles. The van der Waals surface area contributed by atoms with E-state index in [1.165, 1.54) is 10.4 Å². The third kappa shape index (κ3) is 4.81. The number of benzene rings is 2. The molecule has 0 bridgehead atoms. The summed E-state index contributed by atoms with van der Waals surface area (Å²) in [6, 6.07) is 21.2. The Balaban J connectivity index is 1.91. The first-order chi connectivity index (χ1) is 13.9. The van der Waals surface area contributed by atoms with Crippen molar-refractivity contribution >= 4 is 18.7 Å². The van der Waals surface area contributed by atoms with E-state index in [-0.39, 0.29) is 17.2 Å². The normalized spacial score (nSPS) is 23.1. The molecule has 158 valence electrons. The highest BCUT2D eigenvalue weighted by molar-refractivity contribution is 6.99. The number of aliphatic hydroxyl groups excluding tert-OH is 1. The summed E-state index contributed by atoms with van der Waals surface area (Å²) < 4.78 is 18.3. The fourth-order valence-corrected chi connectivity index (χ4v) is 8.87. The zero-order valence-corrected chi connectivity index (χ0v) is 19.0. The van der Waals surface area contributed by atoms with Gasteiger partial charge in [0.05, 0.1) is 12.7 Å². The van der Waals surface area contributed by atoms with Crippen LogP contribution in [0.4, 0.5) is 0 Å². The van der Waals surface area contributed by atoms with Crippen molar-refractivity contribution in [3.8, 4) is 0 Å². The lowest BCUT2D eigenvalue weighted by molar-refractivity contribution is -0.204. The molecule has 0 aliphatic carbocycles. The first-order valence-corrected chi connectivity index (χ1v) is 12.5. The molecule has 0 saturated carbocycles. The van der Waals surface area contributed by atoms with Gasteiger partial charge in [-0.3, -0.25) is 0 Å². The summed E-state index contributed by atoms with van der Waals surface area (Å²) in [6.07, 6.45) is -0.319. The van der Waals surface area contributed by atoms with Gasteiger partial charge in [-0.2, -0.15) is 0 Å². The Morgan fingerprint density at radius 1 is 1.00 bits per heavy atom. The Kier molecular flexibility index (Phi) is 7.30. The molecule has 0 radical (unpaired) electrons. The Morgan fingerprint density at radius 3 is 2.00 bits per heavy atom. The summed E-state index contributed by atoms with van der Waals surface area (Å²) in [5.41, 5.74) is 0. The standard InChI is InChI=1S/C24H34O4Si/c1-5-26-23-16-22(25)19(17-27-23)18-28-29(24(2,3)4,20-12-8-6-9-13-20)21-14-10-7-11-15-21/h6-15,19,22-23,25H,5,16-18H2,1-4H3/t19-,22-,23-/m0/s1. The lowest BCUT2D eigenvalue weighted by Crippen LogP contribution is -2.67. The lowest BCUT2D eigenvalue weighted by Gasteiger charge is -2.44. The topological polar surface area (TPSA) is 47.9 Å². The molecule has 1 heterocycles. The Labute approximate surface area is 176 Å². The van der Waals surface area contributed by atoms with Crippen molar-refractivity contribution < 1.29 is 19.0 Å². The van der Waals surface area contributed by atoms with Crippen LogP contribution in [0.1, 0.15) is 34.1 Å². The second-order valence-electron chi connectivity index (χ2n) is 8.76. The summed E-state index contributed by atoms with van der Waals surface area (Å²) in [5, 5.41) is 13.1. The molecule has 0 aromatic heterocycles. The molecule has 1 fully saturated rings. The quantitative estimate of drug-likeness (QED) is 0.706. The number of aliphatic hydroxyl groups is 1. The van der Waals surface area contributed by atoms with Crippen molar-refractivity contribution in [3.05, 3.63) is 60.7 Å². The Morgan fingerprint density at radius 2 is 1.55 bits per heavy atom. The predicted molar refractivity (Wildman–Crippen MR) is 119 cm³/mol. The minimum Gasteiger partial charge on any atom is -0.407 e. The van der Waals surface area contributed by atoms with Crippen LogP contribution in [0, 0.1) is 5.92 Å². The monoisotopic (exact) mass is 414 g/mol. The Hall–Kier alpha value is -1.50. The minimum atomic E-state index is -2.59. The van der Waals surface area contributed by atoms with Crippen molar-refractivity contribution in [2.24, 2.45) is 5.92 Å². The van der Waals surface area contributed by atoms with Crippen LogP contribution >= 0.6 is 0 Å². The molecule has 3 atom stereocenters. The molecule has 0 spiro atoms. The molecule has 1 N–H and O–H groups in total. The zero-order valence-electron chi connectivity index (χ0n) is 18.0. The van der Waals surface area contributed by atoms with Crippen LogP contribution in [0.5, 0.6) is 0 Å². The number of rotatable bonds is 7. The molecular weight excluding hydrogens is 380 g/mol. The van der Waals surface area contributed by atoms with Crippen molar-refractivity contribution in [1.29, 1.82) is 0 Å². The van der Waals surface area contributed by atoms with Gasteiger partial charge in [0.2, 0.25) is 0 Å². The largest absolute Gasteiger partial charge is 0.407 e. The van der Waals surface area contributed by atoms with Crippen LogP contribution in [-0.4, -0.2) is 45.6 Å². The molecule has 4 nitrogen and oxygen atoms in total. The van der Waals surface area contributed by atoms with E-state index in [9.17, 15) is 5.11 Å². The van der Waals surface area contributed by atoms with E-state index >= 15 is 0 Å². The van der Waals surface area contributed by atoms with Crippen LogP contribution < -0.4 is 10.4 Å². The predicted octanol–water partition coefficient (Wildman–Crippen LogP) is 3.32. The van der Waals surface area contributed by atoms with Gasteiger partial charge in [-0.25, -0.2) is 0 Å². The van der Waals surface area contributed by atoms with Crippen LogP contribution in [0.25, 0.3) is 0 Å². The van der Waals surface area contributed by atoms with Gasteiger partial charge in [0.15, 0.2) is 6.29 Å². The number of ether oxygens (including phenoxy) is 2. The third-order valence-corrected chi connectivity index (χ3v) is 10.8. The van der Waals surface area contributed by atoms with E-state index in [1.54, 1.807) is 0 Å². The van der Waals surface area contributed by atoms with E-state index in [0.29, 0.717) is 26.2 Å². The average molecular weight is 415 g/mol. The summed E-state index contributed by atoms with van der Waals surface area (Å²) in [4.78, 5) is 0. The van der Waals surface area contributed by atoms with Crippen LogP contribution in [0.2, 0.25) is 5.04 Å². The molecule has 29 heavy (non-hydrogen) atoms. The second kappa shape index (κ2) is 9.54. The van der Waals surface area contributed by atoms with Crippen molar-refractivity contribution in [1.82, 2.24) is 0 Å². The molecule has 0 unspecified atom stereocenters. The second-order valence-corrected chi connectivity index (χ2v) is 13.1. The summed E-state index contributed by atoms with van der Waals surface area (Å²) in [7, 11) is -2.59. The highest BCUT2D eigenvalue weighted by Crippen LogP contribution is 2.37. The van der Waals surface area contributed by atoms with Gasteiger partial charge in [-0.1, -0.05) is 81.4 Å². The van der Waals surface area contributed by atoms with Crippen LogP contribution in [0.3, 0.4) is 0 Å². The minimum absolute atomic E-state index is 0.0617. The van der Waals surface area contributed by atoms with E-state index in [2.05, 4.69) is 69.3 Å². The molecule has 0 amide bonds. The van der Waals surface area contributed by atoms with E-state index in [4.69, 9.17) is 13.9 Å². The highest BCUT2D eigenvalue weighted by atomic mass is 28.4. The van der Waals surface area contributed by atoms with E-state index in [0.717, 1.165) is 0 Å². The summed E-state index contributed by atoms with van der Waals surface area (Å²) in [5.74, 6) is -0.0617. The first kappa shape index (κ1) is 22.2. The fraction of sp³-hybridized carbons (Fsp3) is 0.500. The number of hydrogen-bond donors (Lipinski definition) is 1. The molecule has 1 aliphatic heterocycles. The first-order valence-electron chi connectivity index (χ1n) is 10.5. The zero-order chi connectivity index (χ0) is 20.9. The Bertz CT molecular complexity index is 705. The maximum atomic E-state index is 10.7. The van der Waals surface area contributed by atoms with Gasteiger partial charge in [0, 0.05) is 25.6 Å². The van der Waals surface area contributed by atoms with Gasteiger partial charge in [-0.15, -0.1) is 0 Å². The maximum absolute atomic E-state index is 10.7. The van der Waals surface area contributed by atoms with E-state index in [1.807, 2.05) is 19.1 Å². The van der Waals surface area contributed by atoms with Gasteiger partial charge in [0.25, 0.3) is 8.32 Å². The van der Waals surface area contributed by atoms with Crippen molar-refractivity contribution in [2.45, 2.75) is 51.5 Å². The third-order valence-electron chi connectivity index (χ3n) is 5.76. The molecular formula is C24H34O4Si. The van der Waals surface area contributed by atoms with Gasteiger partial charge in [0.1, 0.15) is 0 Å². The van der Waals surface area contributed by atoms with Crippen LogP contribution in [-0.2, 0) is 13.9 Å². The number of hydrogen-bond acceptors (Lipinski definition) is 4. The maximum Gasteiger partial charge on any atom is 0.261 e. The molecule has 2 aromatic rings. The molecule has 1 aliphatic rings. The van der Waals surface area contributed by atoms with Crippen molar-refractivity contribution in [3.63, 3.8) is 0 Å². The van der Waals surface area contributed by atoms with Gasteiger partial charge < -0.3 is 19.0 Å². The molecule has 1 saturated heterocycles. The highest BCUT2D eigenvalue weighted by Gasteiger charge is 2.50. The average Bonchev–Trinajstić information content (AvgIpc) is 2.71. The summed E-state index contributed by atoms with van der Waals surface area (Å²) >= 11 is 0.